The monoisotopic (exact) mass is 591 g/mol. The van der Waals surface area contributed by atoms with Crippen molar-refractivity contribution in [2.75, 3.05) is 13.2 Å². The van der Waals surface area contributed by atoms with Crippen LogP contribution in [0, 0.1) is 0 Å². The van der Waals surface area contributed by atoms with Crippen molar-refractivity contribution in [1.29, 1.82) is 0 Å². The number of carbonyl (C=O) groups is 2. The first-order valence-electron chi connectivity index (χ1n) is 14.8. The number of aromatic nitrogens is 4. The summed E-state index contributed by atoms with van der Waals surface area (Å²) in [4.78, 5) is 38.0. The molecule has 1 aromatic heterocycles. The van der Waals surface area contributed by atoms with Gasteiger partial charge in [0.2, 0.25) is 5.82 Å². The Bertz CT molecular complexity index is 1430. The van der Waals surface area contributed by atoms with Crippen molar-refractivity contribution < 1.29 is 29.6 Å². The van der Waals surface area contributed by atoms with Crippen LogP contribution >= 0.6 is 0 Å². The molecule has 3 aromatic rings. The van der Waals surface area contributed by atoms with E-state index in [9.17, 15) is 9.59 Å². The van der Waals surface area contributed by atoms with E-state index in [0.29, 0.717) is 24.9 Å². The summed E-state index contributed by atoms with van der Waals surface area (Å²) >= 11 is 0. The number of amides is 1. The Hall–Kier alpha value is -4.04. The number of amidine groups is 1. The highest BCUT2D eigenvalue weighted by Gasteiger charge is 2.49. The average molecular weight is 592 g/mol. The van der Waals surface area contributed by atoms with Crippen LogP contribution in [0.4, 0.5) is 4.79 Å². The van der Waals surface area contributed by atoms with Crippen molar-refractivity contribution >= 4 is 17.8 Å². The third-order valence-corrected chi connectivity index (χ3v) is 7.80. The summed E-state index contributed by atoms with van der Waals surface area (Å²) in [6, 6.07) is 15.7. The lowest BCUT2D eigenvalue weighted by molar-refractivity contribution is -0.492. The van der Waals surface area contributed by atoms with E-state index >= 15 is 0 Å². The number of ether oxygens (including phenoxy) is 1. The molecule has 0 saturated heterocycles. The third-order valence-electron chi connectivity index (χ3n) is 7.80. The molecule has 0 atom stereocenters. The molecule has 13 heteroatoms. The van der Waals surface area contributed by atoms with Gasteiger partial charge in [0, 0.05) is 12.0 Å². The first-order valence-corrected chi connectivity index (χ1v) is 14.8. The Morgan fingerprint density at radius 2 is 1.72 bits per heavy atom. The molecule has 43 heavy (non-hydrogen) atoms. The lowest BCUT2D eigenvalue weighted by atomic mass is 9.97. The van der Waals surface area contributed by atoms with E-state index in [2.05, 4.69) is 27.2 Å². The normalized spacial score (nSPS) is 16.0. The number of rotatable bonds is 13. The van der Waals surface area contributed by atoms with Gasteiger partial charge in [0.1, 0.15) is 11.4 Å². The molecule has 228 valence electrons. The van der Waals surface area contributed by atoms with Crippen LogP contribution in [0.15, 0.2) is 53.5 Å². The van der Waals surface area contributed by atoms with Gasteiger partial charge in [-0.05, 0) is 54.0 Å². The number of hydrogen-bond acceptors (Lipinski definition) is 11. The summed E-state index contributed by atoms with van der Waals surface area (Å²) in [7, 11) is 0. The molecule has 1 amide bonds. The maximum absolute atomic E-state index is 13.5. The highest BCUT2D eigenvalue weighted by atomic mass is 17.1. The van der Waals surface area contributed by atoms with Crippen LogP contribution in [0.1, 0.15) is 70.3 Å². The average Bonchev–Trinajstić information content (AvgIpc) is 3.76. The van der Waals surface area contributed by atoms with Gasteiger partial charge in [0.05, 0.1) is 25.1 Å². The number of tetrazole rings is 1. The fourth-order valence-corrected chi connectivity index (χ4v) is 5.57. The van der Waals surface area contributed by atoms with Gasteiger partial charge in [-0.25, -0.2) is 4.79 Å². The van der Waals surface area contributed by atoms with Crippen molar-refractivity contribution in [3.05, 3.63) is 54.1 Å². The molecular formula is C30H37N7O6. The van der Waals surface area contributed by atoms with Crippen molar-refractivity contribution in [3.8, 4) is 22.5 Å². The van der Waals surface area contributed by atoms with Gasteiger partial charge in [-0.1, -0.05) is 79.5 Å². The molecule has 1 aliphatic carbocycles. The van der Waals surface area contributed by atoms with Crippen LogP contribution in [-0.4, -0.2) is 77.5 Å². The van der Waals surface area contributed by atoms with Gasteiger partial charge in [-0.3, -0.25) is 29.9 Å². The van der Waals surface area contributed by atoms with E-state index in [-0.39, 0.29) is 30.3 Å². The first kappa shape index (κ1) is 30.4. The summed E-state index contributed by atoms with van der Waals surface area (Å²) < 4.78 is 5.16. The van der Waals surface area contributed by atoms with E-state index in [1.165, 1.54) is 0 Å². The molecule has 0 unspecified atom stereocenters. The number of hydrogen-bond donors (Lipinski definition) is 2. The fraction of sp³-hybridized carbons (Fsp3) is 0.467. The fourth-order valence-electron chi connectivity index (χ4n) is 5.57. The first-order chi connectivity index (χ1) is 20.9. The van der Waals surface area contributed by atoms with Gasteiger partial charge in [0.25, 0.3) is 5.91 Å². The van der Waals surface area contributed by atoms with E-state index < -0.39 is 11.6 Å². The van der Waals surface area contributed by atoms with E-state index in [1.54, 1.807) is 0 Å². The summed E-state index contributed by atoms with van der Waals surface area (Å²) in [5.74, 6) is 1.34. The number of carbonyl (C=O) groups excluding carboxylic acids is 2. The molecule has 1 fully saturated rings. The number of benzene rings is 2. The second-order valence-corrected chi connectivity index (χ2v) is 10.8. The van der Waals surface area contributed by atoms with Crippen molar-refractivity contribution in [3.63, 3.8) is 0 Å². The van der Waals surface area contributed by atoms with E-state index in [1.807, 2.05) is 53.4 Å². The number of nitrogens with zero attached hydrogens (tertiary/aromatic N) is 7. The van der Waals surface area contributed by atoms with Gasteiger partial charge in [-0.2, -0.15) is 0 Å². The Labute approximate surface area is 249 Å². The zero-order valence-electron chi connectivity index (χ0n) is 24.3. The van der Waals surface area contributed by atoms with Crippen LogP contribution < -0.4 is 0 Å². The number of unbranched alkanes of at least 4 members (excludes halogenated alkanes) is 2. The van der Waals surface area contributed by atoms with Crippen LogP contribution in [0.2, 0.25) is 0 Å². The van der Waals surface area contributed by atoms with Gasteiger partial charge in [-0.15, -0.1) is 10.2 Å². The maximum atomic E-state index is 13.5. The summed E-state index contributed by atoms with van der Waals surface area (Å²) in [6.07, 6.45) is 6.78. The molecule has 1 spiro atoms. The molecule has 2 aromatic carbocycles. The topological polar surface area (TPSA) is 156 Å². The maximum Gasteiger partial charge on any atom is 0.453 e. The number of aliphatic imine (C=N–C) groups is 1. The predicted octanol–water partition coefficient (Wildman–Crippen LogP) is 5.03. The van der Waals surface area contributed by atoms with Crippen LogP contribution in [-0.2, 0) is 20.9 Å². The molecule has 0 bridgehead atoms. The Kier molecular flexibility index (Phi) is 9.87. The Morgan fingerprint density at radius 1 is 1.00 bits per heavy atom. The second-order valence-electron chi connectivity index (χ2n) is 10.8. The van der Waals surface area contributed by atoms with E-state index in [0.717, 1.165) is 72.3 Å². The van der Waals surface area contributed by atoms with Gasteiger partial charge in [0.15, 0.2) is 0 Å². The predicted molar refractivity (Wildman–Crippen MR) is 155 cm³/mol. The molecule has 5 rings (SSSR count). The highest BCUT2D eigenvalue weighted by molar-refractivity contribution is 6.08. The van der Waals surface area contributed by atoms with Gasteiger partial charge >= 0.3 is 6.09 Å². The van der Waals surface area contributed by atoms with Crippen molar-refractivity contribution in [2.45, 2.75) is 76.8 Å². The Morgan fingerprint density at radius 3 is 2.44 bits per heavy atom. The molecule has 1 aliphatic heterocycles. The SMILES string of the molecule is CCCCC1=NC2(CCCC2)C(=O)N1Cc1ccc(-c2ccccc2-c2nnn(C(=O)OCCCCON(O)O)n2)cc1. The molecule has 2 aliphatic rings. The van der Waals surface area contributed by atoms with Crippen LogP contribution in [0.25, 0.3) is 22.5 Å². The standard InChI is InChI=1S/C30H37N7O6/c1-2-3-12-26-31-30(17-6-7-18-30)28(38)35(26)21-22-13-15-23(16-14-22)24-10-4-5-11-25(24)27-32-34-36(33-27)29(39)42-19-8-9-20-43-37(40)41/h4-5,10-11,13-16,40-41H,2-3,6-9,12,17-21H2,1H3. The quantitative estimate of drug-likeness (QED) is 0.204. The van der Waals surface area contributed by atoms with E-state index in [4.69, 9.17) is 20.1 Å². The third kappa shape index (κ3) is 7.13. The summed E-state index contributed by atoms with van der Waals surface area (Å²) in [5, 5.41) is 28.8. The lowest BCUT2D eigenvalue weighted by Gasteiger charge is -2.23. The smallest absolute Gasteiger partial charge is 0.447 e. The zero-order chi connectivity index (χ0) is 30.2. The minimum atomic E-state index is -0.773. The largest absolute Gasteiger partial charge is 0.453 e. The minimum absolute atomic E-state index is 0.0549. The van der Waals surface area contributed by atoms with Crippen molar-refractivity contribution in [1.82, 2.24) is 30.5 Å². The molecule has 2 heterocycles. The zero-order valence-corrected chi connectivity index (χ0v) is 24.3. The summed E-state index contributed by atoms with van der Waals surface area (Å²) in [5.41, 5.74) is 2.99. The summed E-state index contributed by atoms with van der Waals surface area (Å²) in [6.45, 7) is 2.78. The highest BCUT2D eigenvalue weighted by Crippen LogP contribution is 2.40. The van der Waals surface area contributed by atoms with Crippen molar-refractivity contribution in [2.24, 2.45) is 4.99 Å². The molecule has 13 nitrogen and oxygen atoms in total. The second kappa shape index (κ2) is 14.0. The van der Waals surface area contributed by atoms with Crippen LogP contribution in [0.5, 0.6) is 0 Å². The lowest BCUT2D eigenvalue weighted by Crippen LogP contribution is -2.40. The molecular weight excluding hydrogens is 554 g/mol. The molecule has 1 saturated carbocycles. The minimum Gasteiger partial charge on any atom is -0.447 e. The van der Waals surface area contributed by atoms with Gasteiger partial charge < -0.3 is 4.74 Å². The molecule has 0 radical (unpaired) electrons. The molecule has 2 N–H and O–H groups in total. The Balaban J connectivity index is 1.25. The van der Waals surface area contributed by atoms with Crippen LogP contribution in [0.3, 0.4) is 0 Å².